The number of imidazole rings is 1. The fourth-order valence-corrected chi connectivity index (χ4v) is 1.81. The predicted octanol–water partition coefficient (Wildman–Crippen LogP) is 1.29. The molecule has 1 rings (SSSR count). The van der Waals surface area contributed by atoms with E-state index in [9.17, 15) is 4.79 Å². The minimum absolute atomic E-state index is 0.171. The Balaban J connectivity index is 2.54. The summed E-state index contributed by atoms with van der Waals surface area (Å²) >= 11 is 0. The molecule has 0 amide bonds. The van der Waals surface area contributed by atoms with E-state index in [0.29, 0.717) is 13.0 Å². The SMILES string of the molecule is CCc1nccn1CCC(NC(C)C)C(=O)O. The van der Waals surface area contributed by atoms with Gasteiger partial charge in [0.1, 0.15) is 11.9 Å². The maximum atomic E-state index is 11.1. The monoisotopic (exact) mass is 239 g/mol. The third kappa shape index (κ3) is 4.19. The van der Waals surface area contributed by atoms with Crippen LogP contribution in [-0.2, 0) is 17.8 Å². The summed E-state index contributed by atoms with van der Waals surface area (Å²) in [7, 11) is 0. The molecule has 1 aromatic heterocycles. The van der Waals surface area contributed by atoms with Crippen molar-refractivity contribution in [2.75, 3.05) is 0 Å². The lowest BCUT2D eigenvalue weighted by molar-refractivity contribution is -0.139. The Morgan fingerprint density at radius 1 is 1.59 bits per heavy atom. The molecule has 1 heterocycles. The number of rotatable bonds is 7. The van der Waals surface area contributed by atoms with Crippen LogP contribution in [0, 0.1) is 0 Å². The summed E-state index contributed by atoms with van der Waals surface area (Å²) in [6.45, 7) is 6.62. The summed E-state index contributed by atoms with van der Waals surface area (Å²) in [5.74, 6) is 0.204. The smallest absolute Gasteiger partial charge is 0.320 e. The molecule has 0 aliphatic heterocycles. The summed E-state index contributed by atoms with van der Waals surface area (Å²) in [4.78, 5) is 15.3. The molecule has 0 radical (unpaired) electrons. The van der Waals surface area contributed by atoms with Crippen molar-refractivity contribution in [1.82, 2.24) is 14.9 Å². The Morgan fingerprint density at radius 2 is 2.29 bits per heavy atom. The van der Waals surface area contributed by atoms with Crippen LogP contribution in [0.2, 0.25) is 0 Å². The molecular weight excluding hydrogens is 218 g/mol. The molecule has 5 nitrogen and oxygen atoms in total. The molecule has 2 N–H and O–H groups in total. The highest BCUT2D eigenvalue weighted by Gasteiger charge is 2.18. The van der Waals surface area contributed by atoms with Gasteiger partial charge in [0.25, 0.3) is 0 Å². The van der Waals surface area contributed by atoms with Crippen molar-refractivity contribution in [3.63, 3.8) is 0 Å². The number of nitrogens with zero attached hydrogens (tertiary/aromatic N) is 2. The minimum atomic E-state index is -0.795. The number of carbonyl (C=O) groups is 1. The second-order valence-electron chi connectivity index (χ2n) is 4.39. The molecular formula is C12H21N3O2. The van der Waals surface area contributed by atoms with E-state index < -0.39 is 12.0 Å². The van der Waals surface area contributed by atoms with E-state index in [-0.39, 0.29) is 6.04 Å². The summed E-state index contributed by atoms with van der Waals surface area (Å²) in [5.41, 5.74) is 0. The van der Waals surface area contributed by atoms with Crippen molar-refractivity contribution >= 4 is 5.97 Å². The maximum absolute atomic E-state index is 11.1. The van der Waals surface area contributed by atoms with Gasteiger partial charge < -0.3 is 15.0 Å². The summed E-state index contributed by atoms with van der Waals surface area (Å²) in [5, 5.41) is 12.1. The third-order valence-electron chi connectivity index (χ3n) is 2.61. The lowest BCUT2D eigenvalue weighted by Crippen LogP contribution is -2.41. The zero-order valence-electron chi connectivity index (χ0n) is 10.7. The summed E-state index contributed by atoms with van der Waals surface area (Å²) < 4.78 is 2.01. The molecule has 0 spiro atoms. The van der Waals surface area contributed by atoms with Gasteiger partial charge in [0, 0.05) is 31.4 Å². The Morgan fingerprint density at radius 3 is 2.82 bits per heavy atom. The lowest BCUT2D eigenvalue weighted by atomic mass is 10.2. The fraction of sp³-hybridized carbons (Fsp3) is 0.667. The van der Waals surface area contributed by atoms with Crippen LogP contribution in [-0.4, -0.2) is 32.7 Å². The van der Waals surface area contributed by atoms with Crippen molar-refractivity contribution in [2.45, 2.75) is 52.2 Å². The van der Waals surface area contributed by atoms with Crippen molar-refractivity contribution in [1.29, 1.82) is 0 Å². The lowest BCUT2D eigenvalue weighted by Gasteiger charge is -2.17. The van der Waals surface area contributed by atoms with Gasteiger partial charge in [0.2, 0.25) is 0 Å². The van der Waals surface area contributed by atoms with Crippen molar-refractivity contribution in [3.8, 4) is 0 Å². The van der Waals surface area contributed by atoms with E-state index in [1.54, 1.807) is 6.20 Å². The number of hydrogen-bond acceptors (Lipinski definition) is 3. The molecule has 0 aliphatic carbocycles. The first-order valence-corrected chi connectivity index (χ1v) is 6.03. The highest BCUT2D eigenvalue weighted by molar-refractivity contribution is 5.73. The number of nitrogens with one attached hydrogen (secondary N) is 1. The number of aromatic nitrogens is 2. The van der Waals surface area contributed by atoms with Gasteiger partial charge >= 0.3 is 5.97 Å². The van der Waals surface area contributed by atoms with E-state index in [2.05, 4.69) is 10.3 Å². The highest BCUT2D eigenvalue weighted by Crippen LogP contribution is 2.03. The van der Waals surface area contributed by atoms with Gasteiger partial charge in [0.05, 0.1) is 0 Å². The van der Waals surface area contributed by atoms with Crippen molar-refractivity contribution < 1.29 is 9.90 Å². The largest absolute Gasteiger partial charge is 0.480 e. The highest BCUT2D eigenvalue weighted by atomic mass is 16.4. The zero-order valence-corrected chi connectivity index (χ0v) is 10.7. The van der Waals surface area contributed by atoms with Crippen LogP contribution in [0.1, 0.15) is 33.0 Å². The van der Waals surface area contributed by atoms with Crippen LogP contribution >= 0.6 is 0 Å². The first-order valence-electron chi connectivity index (χ1n) is 6.03. The average Bonchev–Trinajstić information content (AvgIpc) is 2.70. The Hall–Kier alpha value is -1.36. The molecule has 0 saturated carbocycles. The van der Waals surface area contributed by atoms with Gasteiger partial charge in [-0.1, -0.05) is 20.8 Å². The van der Waals surface area contributed by atoms with Gasteiger partial charge in [0.15, 0.2) is 0 Å². The van der Waals surface area contributed by atoms with Gasteiger partial charge in [-0.25, -0.2) is 4.98 Å². The fourth-order valence-electron chi connectivity index (χ4n) is 1.81. The summed E-state index contributed by atoms with van der Waals surface area (Å²) in [6.07, 6.45) is 5.08. The number of carboxylic acid groups (broad SMARTS) is 1. The second kappa shape index (κ2) is 6.39. The normalized spacial score (nSPS) is 12.9. The van der Waals surface area contributed by atoms with Gasteiger partial charge in [-0.2, -0.15) is 0 Å². The van der Waals surface area contributed by atoms with Crippen LogP contribution < -0.4 is 5.32 Å². The van der Waals surface area contributed by atoms with Crippen LogP contribution in [0.5, 0.6) is 0 Å². The average molecular weight is 239 g/mol. The summed E-state index contributed by atoms with van der Waals surface area (Å²) in [6, 6.07) is -0.327. The Labute approximate surface area is 102 Å². The van der Waals surface area contributed by atoms with E-state index in [4.69, 9.17) is 5.11 Å². The standard InChI is InChI=1S/C12H21N3O2/c1-4-11-13-6-8-15(11)7-5-10(12(16)17)14-9(2)3/h6,8-10,14H,4-5,7H2,1-3H3,(H,16,17). The van der Waals surface area contributed by atoms with E-state index in [1.807, 2.05) is 31.5 Å². The third-order valence-corrected chi connectivity index (χ3v) is 2.61. The number of hydrogen-bond donors (Lipinski definition) is 2. The Kier molecular flexibility index (Phi) is 5.15. The topological polar surface area (TPSA) is 67.2 Å². The molecule has 0 bridgehead atoms. The molecule has 1 aromatic rings. The Bertz CT molecular complexity index is 360. The molecule has 0 aromatic carbocycles. The first-order chi connectivity index (χ1) is 8.04. The molecule has 96 valence electrons. The molecule has 0 aliphatic rings. The van der Waals surface area contributed by atoms with Crippen LogP contribution in [0.25, 0.3) is 0 Å². The quantitative estimate of drug-likeness (QED) is 0.752. The van der Waals surface area contributed by atoms with Crippen LogP contribution in [0.15, 0.2) is 12.4 Å². The minimum Gasteiger partial charge on any atom is -0.480 e. The molecule has 0 fully saturated rings. The number of carboxylic acids is 1. The van der Waals surface area contributed by atoms with Crippen molar-refractivity contribution in [2.24, 2.45) is 0 Å². The zero-order chi connectivity index (χ0) is 12.8. The molecule has 1 unspecified atom stereocenters. The molecule has 1 atom stereocenters. The van der Waals surface area contributed by atoms with Gasteiger partial charge in [-0.05, 0) is 6.42 Å². The van der Waals surface area contributed by atoms with Crippen LogP contribution in [0.3, 0.4) is 0 Å². The molecule has 17 heavy (non-hydrogen) atoms. The van der Waals surface area contributed by atoms with Crippen LogP contribution in [0.4, 0.5) is 0 Å². The van der Waals surface area contributed by atoms with Gasteiger partial charge in [-0.15, -0.1) is 0 Å². The number of aliphatic carboxylic acids is 1. The number of aryl methyl sites for hydroxylation is 2. The first kappa shape index (κ1) is 13.7. The van der Waals surface area contributed by atoms with E-state index >= 15 is 0 Å². The van der Waals surface area contributed by atoms with Gasteiger partial charge in [-0.3, -0.25) is 4.79 Å². The van der Waals surface area contributed by atoms with Crippen molar-refractivity contribution in [3.05, 3.63) is 18.2 Å². The molecule has 5 heteroatoms. The van der Waals surface area contributed by atoms with E-state index in [0.717, 1.165) is 12.2 Å². The van der Waals surface area contributed by atoms with E-state index in [1.165, 1.54) is 0 Å². The molecule has 0 saturated heterocycles. The predicted molar refractivity (Wildman–Crippen MR) is 65.9 cm³/mol. The maximum Gasteiger partial charge on any atom is 0.320 e. The second-order valence-corrected chi connectivity index (χ2v) is 4.39.